The van der Waals surface area contributed by atoms with Gasteiger partial charge in [-0.15, -0.1) is 12.4 Å². The lowest BCUT2D eigenvalue weighted by molar-refractivity contribution is -0.139. The molecule has 4 aromatic rings. The molecule has 1 aliphatic heterocycles. The molecule has 5 rings (SSSR count). The second-order valence-electron chi connectivity index (χ2n) is 9.15. The lowest BCUT2D eigenvalue weighted by Crippen LogP contribution is -2.44. The third-order valence-electron chi connectivity index (χ3n) is 6.61. The molecule has 37 heavy (non-hydrogen) atoms. The molecular formula is C30H31ClN2O4. The number of aliphatic carboxylic acids is 1. The minimum absolute atomic E-state index is 0. The summed E-state index contributed by atoms with van der Waals surface area (Å²) in [6.07, 6.45) is -0.0815. The number of hydrogen-bond donors (Lipinski definition) is 2. The smallest absolute Gasteiger partial charge is 0.341 e. The van der Waals surface area contributed by atoms with E-state index in [0.29, 0.717) is 18.8 Å². The van der Waals surface area contributed by atoms with Crippen LogP contribution in [-0.2, 0) is 4.79 Å². The lowest BCUT2D eigenvalue weighted by Gasteiger charge is -2.37. The fourth-order valence-corrected chi connectivity index (χ4v) is 4.75. The molecule has 0 amide bonds. The molecule has 0 bridgehead atoms. The summed E-state index contributed by atoms with van der Waals surface area (Å²) in [5, 5.41) is 15.2. The van der Waals surface area contributed by atoms with Crippen molar-refractivity contribution in [2.75, 3.05) is 24.6 Å². The van der Waals surface area contributed by atoms with E-state index in [2.05, 4.69) is 59.6 Å². The Balaban J connectivity index is 0.00000320. The second-order valence-corrected chi connectivity index (χ2v) is 9.15. The highest BCUT2D eigenvalue weighted by molar-refractivity contribution is 5.86. The Morgan fingerprint density at radius 3 is 2.68 bits per heavy atom. The van der Waals surface area contributed by atoms with E-state index in [9.17, 15) is 4.79 Å². The zero-order chi connectivity index (χ0) is 25.1. The number of fused-ring (bicyclic) bond motifs is 2. The number of nitrogens with zero attached hydrogens (tertiary/aromatic N) is 1. The number of rotatable bonds is 8. The second kappa shape index (κ2) is 11.5. The Kier molecular flexibility index (Phi) is 8.21. The van der Waals surface area contributed by atoms with E-state index >= 15 is 0 Å². The van der Waals surface area contributed by atoms with E-state index in [1.807, 2.05) is 49.4 Å². The molecule has 4 aromatic carbocycles. The quantitative estimate of drug-likeness (QED) is 0.286. The number of carbonyl (C=O) groups is 1. The summed E-state index contributed by atoms with van der Waals surface area (Å²) in [6.45, 7) is 5.04. The Hall–Kier alpha value is -3.74. The van der Waals surface area contributed by atoms with E-state index in [1.165, 1.54) is 16.3 Å². The summed E-state index contributed by atoms with van der Waals surface area (Å²) < 4.78 is 11.9. The van der Waals surface area contributed by atoms with Gasteiger partial charge in [-0.3, -0.25) is 0 Å². The van der Waals surface area contributed by atoms with Gasteiger partial charge in [0.15, 0.2) is 6.61 Å². The van der Waals surface area contributed by atoms with Crippen molar-refractivity contribution in [3.63, 3.8) is 0 Å². The summed E-state index contributed by atoms with van der Waals surface area (Å²) in [5.74, 6) is 0.392. The summed E-state index contributed by atoms with van der Waals surface area (Å²) in [4.78, 5) is 13.2. The average molecular weight is 519 g/mol. The molecular weight excluding hydrogens is 488 g/mol. The standard InChI is InChI=1S/C30H30N2O4.ClH/c1-20-14-15-23(16-29(20)35-19-30(33)34)32-18-24(36-28-13-6-5-12-27(28)32)17-31-21(2)25-11-7-9-22-8-3-4-10-26(22)25;/h3-16,21,24,31H,17-19H2,1-2H3,(H,33,34);1H/t21-,24?;/m1./s1. The summed E-state index contributed by atoms with van der Waals surface area (Å²) in [7, 11) is 0. The van der Waals surface area contributed by atoms with Crippen molar-refractivity contribution >= 4 is 40.5 Å². The van der Waals surface area contributed by atoms with Crippen LogP contribution in [0.1, 0.15) is 24.1 Å². The SMILES string of the molecule is Cc1ccc(N2CC(CN[C@H](C)c3cccc4ccccc34)Oc3ccccc32)cc1OCC(=O)O.Cl. The molecule has 0 saturated carbocycles. The molecule has 6 nitrogen and oxygen atoms in total. The van der Waals surface area contributed by atoms with Crippen LogP contribution in [0.4, 0.5) is 11.4 Å². The monoisotopic (exact) mass is 518 g/mol. The molecule has 1 aliphatic rings. The van der Waals surface area contributed by atoms with E-state index in [4.69, 9.17) is 14.6 Å². The highest BCUT2D eigenvalue weighted by atomic mass is 35.5. The predicted molar refractivity (Wildman–Crippen MR) is 150 cm³/mol. The molecule has 0 aliphatic carbocycles. The minimum atomic E-state index is -0.997. The molecule has 7 heteroatoms. The molecule has 2 N–H and O–H groups in total. The number of aryl methyl sites for hydroxylation is 1. The van der Waals surface area contributed by atoms with Gasteiger partial charge in [0.1, 0.15) is 17.6 Å². The number of carboxylic acids is 1. The maximum Gasteiger partial charge on any atom is 0.341 e. The van der Waals surface area contributed by atoms with Gasteiger partial charge in [-0.1, -0.05) is 60.7 Å². The third kappa shape index (κ3) is 5.82. The number of anilines is 2. The normalized spacial score (nSPS) is 15.3. The van der Waals surface area contributed by atoms with Crippen LogP contribution < -0.4 is 19.7 Å². The first-order valence-corrected chi connectivity index (χ1v) is 12.2. The fraction of sp³-hybridized carbons (Fsp3) is 0.233. The Morgan fingerprint density at radius 2 is 1.84 bits per heavy atom. The predicted octanol–water partition coefficient (Wildman–Crippen LogP) is 6.28. The van der Waals surface area contributed by atoms with Crippen molar-refractivity contribution in [2.45, 2.75) is 26.0 Å². The van der Waals surface area contributed by atoms with E-state index in [0.717, 1.165) is 22.7 Å². The molecule has 2 atom stereocenters. The van der Waals surface area contributed by atoms with Crippen molar-refractivity contribution in [3.8, 4) is 11.5 Å². The average Bonchev–Trinajstić information content (AvgIpc) is 2.90. The fourth-order valence-electron chi connectivity index (χ4n) is 4.75. The van der Waals surface area contributed by atoms with Gasteiger partial charge in [-0.25, -0.2) is 4.79 Å². The number of hydrogen-bond acceptors (Lipinski definition) is 5. The number of para-hydroxylation sites is 2. The van der Waals surface area contributed by atoms with Crippen LogP contribution in [0.3, 0.4) is 0 Å². The molecule has 1 heterocycles. The third-order valence-corrected chi connectivity index (χ3v) is 6.61. The first-order valence-electron chi connectivity index (χ1n) is 12.2. The molecule has 0 fully saturated rings. The van der Waals surface area contributed by atoms with Crippen LogP contribution in [0, 0.1) is 6.92 Å². The molecule has 0 spiro atoms. The first-order chi connectivity index (χ1) is 17.5. The van der Waals surface area contributed by atoms with Crippen LogP contribution in [0.15, 0.2) is 84.9 Å². The summed E-state index contributed by atoms with van der Waals surface area (Å²) in [6, 6.07) is 28.9. The number of nitrogens with one attached hydrogen (secondary N) is 1. The van der Waals surface area contributed by atoms with Gasteiger partial charge >= 0.3 is 5.97 Å². The molecule has 0 saturated heterocycles. The van der Waals surface area contributed by atoms with E-state index in [-0.39, 0.29) is 31.2 Å². The van der Waals surface area contributed by atoms with Gasteiger partial charge in [0.25, 0.3) is 0 Å². The van der Waals surface area contributed by atoms with Crippen LogP contribution in [0.25, 0.3) is 10.8 Å². The van der Waals surface area contributed by atoms with Gasteiger partial charge in [0, 0.05) is 24.3 Å². The van der Waals surface area contributed by atoms with Crippen LogP contribution in [0.5, 0.6) is 11.5 Å². The molecule has 1 unspecified atom stereocenters. The number of halogens is 1. The highest BCUT2D eigenvalue weighted by Gasteiger charge is 2.27. The van der Waals surface area contributed by atoms with Crippen molar-refractivity contribution in [1.82, 2.24) is 5.32 Å². The van der Waals surface area contributed by atoms with Crippen LogP contribution in [-0.4, -0.2) is 36.9 Å². The van der Waals surface area contributed by atoms with Gasteiger partial charge in [0.2, 0.25) is 0 Å². The van der Waals surface area contributed by atoms with Crippen molar-refractivity contribution in [3.05, 3.63) is 96.1 Å². The zero-order valence-electron chi connectivity index (χ0n) is 20.9. The van der Waals surface area contributed by atoms with Crippen LogP contribution in [0.2, 0.25) is 0 Å². The summed E-state index contributed by atoms with van der Waals surface area (Å²) >= 11 is 0. The zero-order valence-corrected chi connectivity index (χ0v) is 21.7. The Bertz CT molecular complexity index is 1390. The highest BCUT2D eigenvalue weighted by Crippen LogP contribution is 2.39. The Labute approximate surface area is 223 Å². The topological polar surface area (TPSA) is 71.0 Å². The minimum Gasteiger partial charge on any atom is -0.485 e. The van der Waals surface area contributed by atoms with Gasteiger partial charge in [-0.2, -0.15) is 0 Å². The van der Waals surface area contributed by atoms with E-state index in [1.54, 1.807) is 0 Å². The number of ether oxygens (including phenoxy) is 2. The van der Waals surface area contributed by atoms with Gasteiger partial charge < -0.3 is 24.8 Å². The molecule has 192 valence electrons. The maximum absolute atomic E-state index is 11.0. The first kappa shape index (κ1) is 26.3. The van der Waals surface area contributed by atoms with Crippen molar-refractivity contribution in [1.29, 1.82) is 0 Å². The number of carboxylic acid groups (broad SMARTS) is 1. The number of benzene rings is 4. The molecule has 0 aromatic heterocycles. The van der Waals surface area contributed by atoms with Crippen LogP contribution >= 0.6 is 12.4 Å². The van der Waals surface area contributed by atoms with E-state index < -0.39 is 5.97 Å². The summed E-state index contributed by atoms with van der Waals surface area (Å²) in [5.41, 5.74) is 4.07. The lowest BCUT2D eigenvalue weighted by atomic mass is 9.99. The maximum atomic E-state index is 11.0. The molecule has 0 radical (unpaired) electrons. The van der Waals surface area contributed by atoms with Crippen molar-refractivity contribution in [2.24, 2.45) is 0 Å². The van der Waals surface area contributed by atoms with Crippen molar-refractivity contribution < 1.29 is 19.4 Å². The Morgan fingerprint density at radius 1 is 1.08 bits per heavy atom. The van der Waals surface area contributed by atoms with Gasteiger partial charge in [0.05, 0.1) is 12.2 Å². The largest absolute Gasteiger partial charge is 0.485 e. The van der Waals surface area contributed by atoms with Gasteiger partial charge in [-0.05, 0) is 53.9 Å².